The molecule has 29 heavy (non-hydrogen) atoms. The molecule has 3 aromatic rings. The summed E-state index contributed by atoms with van der Waals surface area (Å²) in [5, 5.41) is 0. The van der Waals surface area contributed by atoms with E-state index in [1.54, 1.807) is 47.0 Å². The summed E-state index contributed by atoms with van der Waals surface area (Å²) in [4.78, 5) is 41.8. The predicted octanol–water partition coefficient (Wildman–Crippen LogP) is 2.77. The van der Waals surface area contributed by atoms with Crippen LogP contribution in [-0.2, 0) is 4.74 Å². The number of rotatable bonds is 3. The number of aromatic nitrogens is 1. The second kappa shape index (κ2) is 6.83. The molecule has 2 aliphatic rings. The van der Waals surface area contributed by atoms with Crippen molar-refractivity contribution in [1.29, 1.82) is 0 Å². The Hall–Kier alpha value is -3.51. The number of carbonyl (C=O) groups excluding carboxylic acids is 3. The number of pyridine rings is 1. The highest BCUT2D eigenvalue weighted by Crippen LogP contribution is 2.30. The van der Waals surface area contributed by atoms with Crippen molar-refractivity contribution in [3.05, 3.63) is 88.9 Å². The zero-order chi connectivity index (χ0) is 20.0. The lowest BCUT2D eigenvalue weighted by Crippen LogP contribution is -2.40. The lowest BCUT2D eigenvalue weighted by atomic mass is 9.88. The third-order valence-corrected chi connectivity index (χ3v) is 5.42. The molecule has 6 heteroatoms. The Labute approximate surface area is 167 Å². The average Bonchev–Trinajstić information content (AvgIpc) is 3.24. The fraction of sp³-hybridized carbons (Fsp3) is 0.174. The minimum absolute atomic E-state index is 0.177. The van der Waals surface area contributed by atoms with E-state index in [4.69, 9.17) is 4.74 Å². The molecule has 2 aromatic heterocycles. The van der Waals surface area contributed by atoms with Crippen LogP contribution in [0.25, 0.3) is 5.52 Å². The van der Waals surface area contributed by atoms with Crippen LogP contribution in [0.4, 0.5) is 0 Å². The van der Waals surface area contributed by atoms with Gasteiger partial charge >= 0.3 is 0 Å². The van der Waals surface area contributed by atoms with E-state index >= 15 is 0 Å². The normalized spacial score (nSPS) is 16.7. The van der Waals surface area contributed by atoms with Gasteiger partial charge in [-0.25, -0.2) is 0 Å². The number of carbonyl (C=O) groups is 3. The highest BCUT2D eigenvalue weighted by atomic mass is 16.5. The fourth-order valence-electron chi connectivity index (χ4n) is 3.99. The maximum Gasteiger partial charge on any atom is 0.212 e. The average molecular weight is 386 g/mol. The SMILES string of the molecule is O=C1C=C(N2CCOCC2)C(=O)c2c1cc1cccn1c2C(=O)c1ccccc1. The van der Waals surface area contributed by atoms with Gasteiger partial charge in [0.1, 0.15) is 5.69 Å². The Morgan fingerprint density at radius 1 is 0.966 bits per heavy atom. The zero-order valence-corrected chi connectivity index (χ0v) is 15.6. The van der Waals surface area contributed by atoms with Crippen LogP contribution in [0.15, 0.2) is 66.5 Å². The smallest absolute Gasteiger partial charge is 0.212 e. The maximum absolute atomic E-state index is 13.5. The first-order valence-electron chi connectivity index (χ1n) is 9.52. The van der Waals surface area contributed by atoms with Crippen molar-refractivity contribution in [2.75, 3.05) is 26.3 Å². The summed E-state index contributed by atoms with van der Waals surface area (Å²) in [5.41, 5.74) is 2.19. The summed E-state index contributed by atoms with van der Waals surface area (Å²) in [6.07, 6.45) is 3.14. The summed E-state index contributed by atoms with van der Waals surface area (Å²) in [6, 6.07) is 14.1. The Balaban J connectivity index is 1.72. The van der Waals surface area contributed by atoms with E-state index in [0.717, 1.165) is 0 Å². The van der Waals surface area contributed by atoms with E-state index in [9.17, 15) is 14.4 Å². The largest absolute Gasteiger partial charge is 0.378 e. The van der Waals surface area contributed by atoms with Crippen LogP contribution in [0.2, 0.25) is 0 Å². The van der Waals surface area contributed by atoms with Gasteiger partial charge < -0.3 is 14.0 Å². The van der Waals surface area contributed by atoms with Crippen LogP contribution in [0.5, 0.6) is 0 Å². The van der Waals surface area contributed by atoms with E-state index in [1.807, 2.05) is 17.0 Å². The molecule has 6 nitrogen and oxygen atoms in total. The molecule has 0 atom stereocenters. The molecule has 144 valence electrons. The molecular weight excluding hydrogens is 368 g/mol. The molecule has 0 unspecified atom stereocenters. The molecule has 0 radical (unpaired) electrons. The Morgan fingerprint density at radius 2 is 1.72 bits per heavy atom. The van der Waals surface area contributed by atoms with E-state index in [2.05, 4.69) is 0 Å². The number of ketones is 3. The molecule has 0 spiro atoms. The lowest BCUT2D eigenvalue weighted by Gasteiger charge is -2.32. The first-order chi connectivity index (χ1) is 14.1. The molecule has 1 aliphatic heterocycles. The van der Waals surface area contributed by atoms with Gasteiger partial charge in [-0.2, -0.15) is 0 Å². The van der Waals surface area contributed by atoms with Crippen molar-refractivity contribution in [3.8, 4) is 0 Å². The zero-order valence-electron chi connectivity index (χ0n) is 15.6. The number of allylic oxidation sites excluding steroid dienone is 2. The van der Waals surface area contributed by atoms with Crippen LogP contribution < -0.4 is 0 Å². The van der Waals surface area contributed by atoms with Gasteiger partial charge in [-0.1, -0.05) is 30.3 Å². The molecule has 1 aliphatic carbocycles. The van der Waals surface area contributed by atoms with Crippen molar-refractivity contribution >= 4 is 22.9 Å². The highest BCUT2D eigenvalue weighted by Gasteiger charge is 2.35. The molecule has 0 N–H and O–H groups in total. The molecule has 1 fully saturated rings. The number of benzene rings is 1. The van der Waals surface area contributed by atoms with Crippen LogP contribution in [0.3, 0.4) is 0 Å². The third kappa shape index (κ3) is 2.80. The molecule has 1 saturated heterocycles. The summed E-state index contributed by atoms with van der Waals surface area (Å²) < 4.78 is 7.06. The molecule has 5 rings (SSSR count). The fourth-order valence-corrected chi connectivity index (χ4v) is 3.99. The summed E-state index contributed by atoms with van der Waals surface area (Å²) >= 11 is 0. The Kier molecular flexibility index (Phi) is 4.14. The van der Waals surface area contributed by atoms with Crippen LogP contribution in [-0.4, -0.2) is 53.0 Å². The second-order valence-corrected chi connectivity index (χ2v) is 7.10. The maximum atomic E-state index is 13.5. The first kappa shape index (κ1) is 17.6. The van der Waals surface area contributed by atoms with Gasteiger partial charge in [0.05, 0.1) is 24.5 Å². The van der Waals surface area contributed by atoms with Crippen molar-refractivity contribution in [2.24, 2.45) is 0 Å². The summed E-state index contributed by atoms with van der Waals surface area (Å²) in [5.74, 6) is -0.837. The van der Waals surface area contributed by atoms with E-state index in [-0.39, 0.29) is 34.2 Å². The van der Waals surface area contributed by atoms with E-state index < -0.39 is 0 Å². The molecule has 3 heterocycles. The molecule has 0 amide bonds. The minimum Gasteiger partial charge on any atom is -0.378 e. The topological polar surface area (TPSA) is 68.1 Å². The minimum atomic E-state index is -0.295. The molecule has 0 bridgehead atoms. The van der Waals surface area contributed by atoms with Gasteiger partial charge in [0.25, 0.3) is 0 Å². The van der Waals surface area contributed by atoms with Crippen molar-refractivity contribution < 1.29 is 19.1 Å². The monoisotopic (exact) mass is 386 g/mol. The number of morpholine rings is 1. The van der Waals surface area contributed by atoms with Crippen LogP contribution >= 0.6 is 0 Å². The Bertz CT molecular complexity index is 1180. The van der Waals surface area contributed by atoms with Gasteiger partial charge in [0.15, 0.2) is 5.78 Å². The number of hydrogen-bond acceptors (Lipinski definition) is 5. The Morgan fingerprint density at radius 3 is 2.48 bits per heavy atom. The molecular formula is C23H18N2O4. The van der Waals surface area contributed by atoms with Gasteiger partial charge in [0, 0.05) is 42.0 Å². The number of hydrogen-bond donors (Lipinski definition) is 0. The number of fused-ring (bicyclic) bond motifs is 2. The van der Waals surface area contributed by atoms with Crippen LogP contribution in [0.1, 0.15) is 36.8 Å². The van der Waals surface area contributed by atoms with Gasteiger partial charge in [0.2, 0.25) is 11.6 Å². The van der Waals surface area contributed by atoms with Crippen LogP contribution in [0, 0.1) is 0 Å². The van der Waals surface area contributed by atoms with E-state index in [1.165, 1.54) is 6.08 Å². The van der Waals surface area contributed by atoms with Gasteiger partial charge in [-0.3, -0.25) is 14.4 Å². The van der Waals surface area contributed by atoms with Crippen molar-refractivity contribution in [2.45, 2.75) is 0 Å². The van der Waals surface area contributed by atoms with Crippen molar-refractivity contribution in [1.82, 2.24) is 9.30 Å². The molecule has 0 saturated carbocycles. The van der Waals surface area contributed by atoms with E-state index in [0.29, 0.717) is 43.1 Å². The standard InChI is InChI=1S/C23H18N2O4/c26-19-14-18(24-9-11-29-12-10-24)23(28)20-17(19)13-16-7-4-8-25(16)21(20)22(27)15-5-2-1-3-6-15/h1-8,13-14H,9-12H2. The highest BCUT2D eigenvalue weighted by molar-refractivity contribution is 6.28. The predicted molar refractivity (Wildman–Crippen MR) is 106 cm³/mol. The number of nitrogens with zero attached hydrogens (tertiary/aromatic N) is 2. The van der Waals surface area contributed by atoms with Gasteiger partial charge in [-0.15, -0.1) is 0 Å². The number of Topliss-reactive ketones (excluding diaryl/α,β-unsaturated/α-hetero) is 1. The van der Waals surface area contributed by atoms with Gasteiger partial charge in [-0.05, 0) is 18.2 Å². The van der Waals surface area contributed by atoms with Crippen molar-refractivity contribution in [3.63, 3.8) is 0 Å². The first-order valence-corrected chi connectivity index (χ1v) is 9.52. The number of ether oxygens (including phenoxy) is 1. The molecule has 1 aromatic carbocycles. The lowest BCUT2D eigenvalue weighted by molar-refractivity contribution is 0.0500. The quantitative estimate of drug-likeness (QED) is 0.648. The summed E-state index contributed by atoms with van der Waals surface area (Å²) in [7, 11) is 0. The second-order valence-electron chi connectivity index (χ2n) is 7.10. The third-order valence-electron chi connectivity index (χ3n) is 5.42. The summed E-state index contributed by atoms with van der Waals surface area (Å²) in [6.45, 7) is 2.07.